The lowest BCUT2D eigenvalue weighted by Crippen LogP contribution is -2.50. The normalized spacial score (nSPS) is 29.1. The van der Waals surface area contributed by atoms with Crippen LogP contribution in [0.2, 0.25) is 5.02 Å². The minimum Gasteiger partial charge on any atom is -0.326 e. The van der Waals surface area contributed by atoms with Gasteiger partial charge in [-0.2, -0.15) is 0 Å². The van der Waals surface area contributed by atoms with E-state index in [9.17, 15) is 0 Å². The highest BCUT2D eigenvalue weighted by atomic mass is 35.5. The van der Waals surface area contributed by atoms with Gasteiger partial charge in [-0.15, -0.1) is 0 Å². The van der Waals surface area contributed by atoms with E-state index in [1.54, 1.807) is 0 Å². The van der Waals surface area contributed by atoms with Crippen molar-refractivity contribution < 1.29 is 0 Å². The van der Waals surface area contributed by atoms with Crippen molar-refractivity contribution in [1.29, 1.82) is 0 Å². The number of hydrogen-bond donors (Lipinski definition) is 1. The van der Waals surface area contributed by atoms with Crippen LogP contribution in [0.4, 0.5) is 0 Å². The van der Waals surface area contributed by atoms with Crippen molar-refractivity contribution in [2.75, 3.05) is 6.54 Å². The molecule has 0 bridgehead atoms. The molecule has 1 heterocycles. The smallest absolute Gasteiger partial charge is 0.0502 e. The third-order valence-corrected chi connectivity index (χ3v) is 5.70. The summed E-state index contributed by atoms with van der Waals surface area (Å²) in [6.07, 6.45) is 7.86. The molecule has 21 heavy (non-hydrogen) atoms. The molecule has 2 nitrogen and oxygen atoms in total. The first-order valence-electron chi connectivity index (χ1n) is 8.47. The molecule has 4 atom stereocenters. The van der Waals surface area contributed by atoms with Crippen LogP contribution in [0.15, 0.2) is 24.3 Å². The molecule has 0 aromatic heterocycles. The zero-order chi connectivity index (χ0) is 14.8. The third-order valence-electron chi connectivity index (χ3n) is 5.46. The van der Waals surface area contributed by atoms with Crippen molar-refractivity contribution in [1.82, 2.24) is 4.90 Å². The second kappa shape index (κ2) is 6.68. The minimum atomic E-state index is 0.183. The first kappa shape index (κ1) is 15.3. The van der Waals surface area contributed by atoms with Gasteiger partial charge < -0.3 is 5.73 Å². The van der Waals surface area contributed by atoms with Gasteiger partial charge >= 0.3 is 0 Å². The van der Waals surface area contributed by atoms with Crippen LogP contribution in [0.25, 0.3) is 0 Å². The van der Waals surface area contributed by atoms with Crippen molar-refractivity contribution in [2.45, 2.75) is 63.6 Å². The van der Waals surface area contributed by atoms with E-state index in [1.807, 2.05) is 6.07 Å². The molecule has 1 aliphatic carbocycles. The monoisotopic (exact) mass is 306 g/mol. The molecule has 4 unspecified atom stereocenters. The number of hydrogen-bond acceptors (Lipinski definition) is 2. The summed E-state index contributed by atoms with van der Waals surface area (Å²) in [5.74, 6) is 0.893. The predicted molar refractivity (Wildman–Crippen MR) is 89.5 cm³/mol. The van der Waals surface area contributed by atoms with Gasteiger partial charge in [-0.3, -0.25) is 4.90 Å². The van der Waals surface area contributed by atoms with Crippen LogP contribution in [0.1, 0.15) is 57.1 Å². The molecule has 0 amide bonds. The summed E-state index contributed by atoms with van der Waals surface area (Å²) in [5.41, 5.74) is 7.82. The van der Waals surface area contributed by atoms with Crippen molar-refractivity contribution in [3.05, 3.63) is 34.9 Å². The fourth-order valence-electron chi connectivity index (χ4n) is 4.44. The van der Waals surface area contributed by atoms with Gasteiger partial charge in [-0.25, -0.2) is 0 Å². The lowest BCUT2D eigenvalue weighted by Gasteiger charge is -2.45. The van der Waals surface area contributed by atoms with Gasteiger partial charge in [0.05, 0.1) is 6.04 Å². The van der Waals surface area contributed by atoms with Crippen LogP contribution in [-0.4, -0.2) is 23.5 Å². The lowest BCUT2D eigenvalue weighted by molar-refractivity contribution is 0.0538. The highest BCUT2D eigenvalue weighted by Gasteiger charge is 2.40. The van der Waals surface area contributed by atoms with E-state index < -0.39 is 0 Å². The molecule has 1 saturated carbocycles. The number of halogens is 1. The molecule has 0 spiro atoms. The van der Waals surface area contributed by atoms with Crippen LogP contribution in [-0.2, 0) is 0 Å². The number of likely N-dealkylation sites (tertiary alicyclic amines) is 1. The van der Waals surface area contributed by atoms with E-state index in [4.69, 9.17) is 17.3 Å². The maximum Gasteiger partial charge on any atom is 0.0502 e. The fourth-order valence-corrected chi connectivity index (χ4v) is 4.64. The number of nitrogens with two attached hydrogens (primary N) is 1. The minimum absolute atomic E-state index is 0.183. The Labute approximate surface area is 133 Å². The summed E-state index contributed by atoms with van der Waals surface area (Å²) in [7, 11) is 0. The second-order valence-electron chi connectivity index (χ2n) is 6.71. The quantitative estimate of drug-likeness (QED) is 0.894. The number of piperidine rings is 1. The van der Waals surface area contributed by atoms with Gasteiger partial charge in [0.1, 0.15) is 0 Å². The molecule has 116 valence electrons. The van der Waals surface area contributed by atoms with Gasteiger partial charge in [-0.05, 0) is 62.3 Å². The predicted octanol–water partition coefficient (Wildman–Crippen LogP) is 4.38. The van der Waals surface area contributed by atoms with Crippen LogP contribution in [0, 0.1) is 5.92 Å². The van der Waals surface area contributed by atoms with Crippen molar-refractivity contribution >= 4 is 11.6 Å². The topological polar surface area (TPSA) is 29.3 Å². The van der Waals surface area contributed by atoms with Crippen LogP contribution in [0.5, 0.6) is 0 Å². The summed E-state index contributed by atoms with van der Waals surface area (Å²) in [6.45, 7) is 3.38. The largest absolute Gasteiger partial charge is 0.326 e. The number of rotatable bonds is 4. The Morgan fingerprint density at radius 3 is 2.86 bits per heavy atom. The zero-order valence-corrected chi connectivity index (χ0v) is 13.7. The standard InChI is InChI=1S/C18H27ClN2/c1-2-16(20)18(14-7-3-9-15(19)12-14)21-11-5-8-13-6-4-10-17(13)21/h3,7,9,12-13,16-18H,2,4-6,8,10-11,20H2,1H3. The molecular weight excluding hydrogens is 280 g/mol. The van der Waals surface area contributed by atoms with E-state index in [1.165, 1.54) is 44.2 Å². The number of fused-ring (bicyclic) bond motifs is 1. The molecule has 1 saturated heterocycles. The van der Waals surface area contributed by atoms with Crippen molar-refractivity contribution in [3.63, 3.8) is 0 Å². The Bertz CT molecular complexity index is 476. The summed E-state index contributed by atoms with van der Waals surface area (Å²) < 4.78 is 0. The van der Waals surface area contributed by atoms with Gasteiger partial charge in [0.25, 0.3) is 0 Å². The lowest BCUT2D eigenvalue weighted by atomic mass is 9.87. The van der Waals surface area contributed by atoms with E-state index in [0.717, 1.165) is 23.4 Å². The average Bonchev–Trinajstić information content (AvgIpc) is 2.96. The van der Waals surface area contributed by atoms with Gasteiger partial charge in [0.2, 0.25) is 0 Å². The van der Waals surface area contributed by atoms with Crippen LogP contribution < -0.4 is 5.73 Å². The molecule has 1 aromatic rings. The van der Waals surface area contributed by atoms with E-state index >= 15 is 0 Å². The van der Waals surface area contributed by atoms with Gasteiger partial charge in [-0.1, -0.05) is 37.1 Å². The van der Waals surface area contributed by atoms with Crippen LogP contribution in [0.3, 0.4) is 0 Å². The van der Waals surface area contributed by atoms with E-state index in [0.29, 0.717) is 6.04 Å². The molecule has 2 N–H and O–H groups in total. The molecular formula is C18H27ClN2. The van der Waals surface area contributed by atoms with Crippen LogP contribution >= 0.6 is 11.6 Å². The Morgan fingerprint density at radius 2 is 2.10 bits per heavy atom. The first-order valence-corrected chi connectivity index (χ1v) is 8.85. The summed E-state index contributed by atoms with van der Waals surface area (Å²) in [6, 6.07) is 9.56. The fraction of sp³-hybridized carbons (Fsp3) is 0.667. The molecule has 2 fully saturated rings. The van der Waals surface area contributed by atoms with Crippen molar-refractivity contribution in [3.8, 4) is 0 Å². The summed E-state index contributed by atoms with van der Waals surface area (Å²) in [4.78, 5) is 2.71. The first-order chi connectivity index (χ1) is 10.2. The molecule has 3 heteroatoms. The Balaban J connectivity index is 1.91. The summed E-state index contributed by atoms with van der Waals surface area (Å²) in [5, 5.41) is 0.820. The Hall–Kier alpha value is -0.570. The highest BCUT2D eigenvalue weighted by molar-refractivity contribution is 6.30. The van der Waals surface area contributed by atoms with Crippen molar-refractivity contribution in [2.24, 2.45) is 11.7 Å². The third kappa shape index (κ3) is 3.13. The summed E-state index contributed by atoms with van der Waals surface area (Å²) >= 11 is 6.23. The van der Waals surface area contributed by atoms with Gasteiger partial charge in [0.15, 0.2) is 0 Å². The number of nitrogens with zero attached hydrogens (tertiary/aromatic N) is 1. The van der Waals surface area contributed by atoms with Gasteiger partial charge in [0, 0.05) is 17.1 Å². The molecule has 3 rings (SSSR count). The molecule has 2 aliphatic rings. The highest BCUT2D eigenvalue weighted by Crippen LogP contribution is 2.42. The Kier molecular flexibility index (Phi) is 4.88. The molecule has 1 aromatic carbocycles. The maximum atomic E-state index is 6.53. The average molecular weight is 307 g/mol. The maximum absolute atomic E-state index is 6.53. The zero-order valence-electron chi connectivity index (χ0n) is 13.0. The molecule has 1 aliphatic heterocycles. The number of benzene rings is 1. The Morgan fingerprint density at radius 1 is 1.29 bits per heavy atom. The van der Waals surface area contributed by atoms with E-state index in [-0.39, 0.29) is 6.04 Å². The SMILES string of the molecule is CCC(N)C(c1cccc(Cl)c1)N1CCCC2CCCC21. The molecule has 0 radical (unpaired) electrons. The van der Waals surface area contributed by atoms with E-state index in [2.05, 4.69) is 30.0 Å². The second-order valence-corrected chi connectivity index (χ2v) is 7.15.